The van der Waals surface area contributed by atoms with Crippen LogP contribution in [-0.4, -0.2) is 57.6 Å². The SMILES string of the molecule is COc1ccc(C)cc1-n1nnnc1SCC(=O)NCCC[NH2+]C(C)(C)C. The van der Waals surface area contributed by atoms with Crippen molar-refractivity contribution < 1.29 is 14.8 Å². The van der Waals surface area contributed by atoms with Crippen LogP contribution in [0.15, 0.2) is 23.4 Å². The molecule has 2 aromatic rings. The third-order valence-electron chi connectivity index (χ3n) is 3.80. The highest BCUT2D eigenvalue weighted by Gasteiger charge is 2.15. The van der Waals surface area contributed by atoms with Gasteiger partial charge in [0.05, 0.1) is 24.9 Å². The molecule has 0 saturated carbocycles. The van der Waals surface area contributed by atoms with Crippen LogP contribution in [0, 0.1) is 6.92 Å². The number of ether oxygens (including phenoxy) is 1. The molecular weight excluding hydrogens is 364 g/mol. The van der Waals surface area contributed by atoms with Crippen molar-refractivity contribution >= 4 is 17.7 Å². The van der Waals surface area contributed by atoms with Crippen molar-refractivity contribution in [3.8, 4) is 11.4 Å². The van der Waals surface area contributed by atoms with E-state index in [0.29, 0.717) is 17.5 Å². The number of carbonyl (C=O) groups is 1. The Balaban J connectivity index is 1.87. The minimum atomic E-state index is -0.0264. The number of hydrogen-bond donors (Lipinski definition) is 2. The van der Waals surface area contributed by atoms with Gasteiger partial charge in [0.2, 0.25) is 11.1 Å². The molecule has 0 atom stereocenters. The molecule has 0 spiro atoms. The maximum atomic E-state index is 12.1. The third-order valence-corrected chi connectivity index (χ3v) is 4.71. The van der Waals surface area contributed by atoms with Crippen molar-refractivity contribution in [2.45, 2.75) is 44.8 Å². The molecule has 0 fully saturated rings. The maximum Gasteiger partial charge on any atom is 0.230 e. The van der Waals surface area contributed by atoms with Crippen LogP contribution in [0.4, 0.5) is 0 Å². The number of hydrogen-bond acceptors (Lipinski definition) is 6. The molecule has 148 valence electrons. The number of carbonyl (C=O) groups excluding carboxylic acids is 1. The molecule has 3 N–H and O–H groups in total. The maximum absolute atomic E-state index is 12.1. The fourth-order valence-corrected chi connectivity index (χ4v) is 3.15. The fraction of sp³-hybridized carbons (Fsp3) is 0.556. The second-order valence-corrected chi connectivity index (χ2v) is 8.34. The first-order chi connectivity index (χ1) is 12.8. The summed E-state index contributed by atoms with van der Waals surface area (Å²) in [4.78, 5) is 12.1. The summed E-state index contributed by atoms with van der Waals surface area (Å²) in [6.07, 6.45) is 0.936. The fourth-order valence-electron chi connectivity index (χ4n) is 2.43. The van der Waals surface area contributed by atoms with Crippen molar-refractivity contribution in [2.24, 2.45) is 0 Å². The highest BCUT2D eigenvalue weighted by Crippen LogP contribution is 2.26. The summed E-state index contributed by atoms with van der Waals surface area (Å²) in [5.41, 5.74) is 2.04. The number of rotatable bonds is 9. The van der Waals surface area contributed by atoms with Crippen molar-refractivity contribution in [3.05, 3.63) is 23.8 Å². The molecule has 1 amide bonds. The van der Waals surface area contributed by atoms with Gasteiger partial charge < -0.3 is 15.4 Å². The van der Waals surface area contributed by atoms with Crippen LogP contribution in [0.25, 0.3) is 5.69 Å². The van der Waals surface area contributed by atoms with E-state index in [9.17, 15) is 4.79 Å². The van der Waals surface area contributed by atoms with E-state index in [-0.39, 0.29) is 17.2 Å². The number of benzene rings is 1. The minimum Gasteiger partial charge on any atom is -0.494 e. The van der Waals surface area contributed by atoms with Crippen molar-refractivity contribution in [1.29, 1.82) is 0 Å². The molecule has 2 rings (SSSR count). The highest BCUT2D eigenvalue weighted by atomic mass is 32.2. The van der Waals surface area contributed by atoms with Crippen molar-refractivity contribution in [3.63, 3.8) is 0 Å². The average Bonchev–Trinajstić information content (AvgIpc) is 3.07. The normalized spacial score (nSPS) is 11.4. The van der Waals surface area contributed by atoms with Gasteiger partial charge in [0, 0.05) is 13.0 Å². The van der Waals surface area contributed by atoms with Crippen LogP contribution >= 0.6 is 11.8 Å². The molecule has 0 saturated heterocycles. The number of nitrogens with zero attached hydrogens (tertiary/aromatic N) is 4. The number of thioether (sulfide) groups is 1. The van der Waals surface area contributed by atoms with Gasteiger partial charge in [0.1, 0.15) is 11.4 Å². The number of nitrogens with one attached hydrogen (secondary N) is 1. The van der Waals surface area contributed by atoms with E-state index in [0.717, 1.165) is 24.2 Å². The first-order valence-corrected chi connectivity index (χ1v) is 9.96. The number of aromatic nitrogens is 4. The second-order valence-electron chi connectivity index (χ2n) is 7.40. The van der Waals surface area contributed by atoms with E-state index < -0.39 is 0 Å². The Morgan fingerprint density at radius 3 is 2.85 bits per heavy atom. The summed E-state index contributed by atoms with van der Waals surface area (Å²) in [5.74, 6) is 0.910. The monoisotopic (exact) mass is 393 g/mol. The Bertz CT molecular complexity index is 757. The molecule has 0 radical (unpaired) electrons. The Morgan fingerprint density at radius 1 is 1.37 bits per heavy atom. The molecule has 0 aliphatic heterocycles. The number of tetrazole rings is 1. The molecule has 0 aliphatic carbocycles. The summed E-state index contributed by atoms with van der Waals surface area (Å²) >= 11 is 1.30. The summed E-state index contributed by atoms with van der Waals surface area (Å²) in [6, 6.07) is 5.79. The molecule has 1 aromatic carbocycles. The lowest BCUT2D eigenvalue weighted by Crippen LogP contribution is -2.94. The summed E-state index contributed by atoms with van der Waals surface area (Å²) < 4.78 is 7.00. The van der Waals surface area contributed by atoms with Gasteiger partial charge >= 0.3 is 0 Å². The molecule has 0 unspecified atom stereocenters. The van der Waals surface area contributed by atoms with Gasteiger partial charge in [-0.2, -0.15) is 4.68 Å². The van der Waals surface area contributed by atoms with Crippen LogP contribution in [0.5, 0.6) is 5.75 Å². The lowest BCUT2D eigenvalue weighted by Gasteiger charge is -2.16. The van der Waals surface area contributed by atoms with Crippen LogP contribution in [0.1, 0.15) is 32.8 Å². The molecule has 1 aromatic heterocycles. The van der Waals surface area contributed by atoms with Gasteiger partial charge in [-0.3, -0.25) is 4.79 Å². The van der Waals surface area contributed by atoms with E-state index in [2.05, 4.69) is 46.9 Å². The van der Waals surface area contributed by atoms with Gasteiger partial charge in [0.25, 0.3) is 0 Å². The lowest BCUT2D eigenvalue weighted by atomic mass is 10.1. The Morgan fingerprint density at radius 2 is 2.15 bits per heavy atom. The minimum absolute atomic E-state index is 0.0264. The van der Waals surface area contributed by atoms with Crippen molar-refractivity contribution in [2.75, 3.05) is 26.0 Å². The number of nitrogens with two attached hydrogens (primary N) is 1. The first kappa shape index (κ1) is 21.2. The molecule has 0 aliphatic rings. The highest BCUT2D eigenvalue weighted by molar-refractivity contribution is 7.99. The van der Waals surface area contributed by atoms with E-state index in [1.807, 2.05) is 25.1 Å². The molecule has 9 heteroatoms. The van der Waals surface area contributed by atoms with Crippen molar-refractivity contribution in [1.82, 2.24) is 25.5 Å². The zero-order valence-electron chi connectivity index (χ0n) is 16.7. The molecule has 0 bridgehead atoms. The van der Waals surface area contributed by atoms with Gasteiger partial charge in [-0.1, -0.05) is 17.8 Å². The summed E-state index contributed by atoms with van der Waals surface area (Å²) in [7, 11) is 1.61. The van der Waals surface area contributed by atoms with E-state index in [1.54, 1.807) is 11.8 Å². The Labute approximate surface area is 164 Å². The van der Waals surface area contributed by atoms with Crippen LogP contribution in [0.3, 0.4) is 0 Å². The zero-order chi connectivity index (χ0) is 19.9. The van der Waals surface area contributed by atoms with Gasteiger partial charge in [0.15, 0.2) is 0 Å². The van der Waals surface area contributed by atoms with Gasteiger partial charge in [-0.05, 0) is 55.8 Å². The number of methoxy groups -OCH3 is 1. The summed E-state index contributed by atoms with van der Waals surface area (Å²) in [6.45, 7) is 10.2. The largest absolute Gasteiger partial charge is 0.494 e. The predicted molar refractivity (Wildman–Crippen MR) is 105 cm³/mol. The van der Waals surface area contributed by atoms with Crippen LogP contribution in [0.2, 0.25) is 0 Å². The topological polar surface area (TPSA) is 98.5 Å². The number of quaternary nitrogens is 1. The van der Waals surface area contributed by atoms with E-state index in [4.69, 9.17) is 4.74 Å². The third kappa shape index (κ3) is 6.84. The summed E-state index contributed by atoms with van der Waals surface area (Å²) in [5, 5.41) is 17.6. The Kier molecular flexibility index (Phi) is 7.61. The van der Waals surface area contributed by atoms with E-state index in [1.165, 1.54) is 11.8 Å². The van der Waals surface area contributed by atoms with Crippen LogP contribution < -0.4 is 15.4 Å². The van der Waals surface area contributed by atoms with E-state index >= 15 is 0 Å². The first-order valence-electron chi connectivity index (χ1n) is 8.97. The van der Waals surface area contributed by atoms with Gasteiger partial charge in [-0.15, -0.1) is 5.10 Å². The standard InChI is InChI=1S/C18H28N6O2S/c1-13-7-8-15(26-5)14(11-13)24-17(21-22-23-24)27-12-16(25)19-9-6-10-20-18(2,3)4/h7-8,11,20H,6,9-10,12H2,1-5H3,(H,19,25)/p+1. The predicted octanol–water partition coefficient (Wildman–Crippen LogP) is 0.940. The molecule has 27 heavy (non-hydrogen) atoms. The lowest BCUT2D eigenvalue weighted by molar-refractivity contribution is -0.717. The smallest absolute Gasteiger partial charge is 0.230 e. The molecule has 1 heterocycles. The average molecular weight is 394 g/mol. The Hall–Kier alpha value is -2.13. The number of aryl methyl sites for hydroxylation is 1. The quantitative estimate of drug-likeness (QED) is 0.486. The molecular formula is C18H29N6O2S+. The second kappa shape index (κ2) is 9.70. The number of amides is 1. The van der Waals surface area contributed by atoms with Gasteiger partial charge in [-0.25, -0.2) is 0 Å². The zero-order valence-corrected chi connectivity index (χ0v) is 17.5. The molecule has 8 nitrogen and oxygen atoms in total. The van der Waals surface area contributed by atoms with Crippen LogP contribution in [-0.2, 0) is 4.79 Å².